The van der Waals surface area contributed by atoms with Crippen molar-refractivity contribution in [3.05, 3.63) is 102 Å². The lowest BCUT2D eigenvalue weighted by Crippen LogP contribution is -2.39. The number of hydrogen-bond donors (Lipinski definition) is 3. The van der Waals surface area contributed by atoms with Crippen molar-refractivity contribution in [2.45, 2.75) is 23.9 Å². The van der Waals surface area contributed by atoms with Gasteiger partial charge >= 0.3 is 0 Å². The molecular formula is C23H26N2O3S. The van der Waals surface area contributed by atoms with Gasteiger partial charge in [-0.05, 0) is 30.2 Å². The first-order chi connectivity index (χ1) is 14.0. The van der Waals surface area contributed by atoms with Crippen LogP contribution in [0.3, 0.4) is 0 Å². The van der Waals surface area contributed by atoms with Gasteiger partial charge in [0.05, 0.1) is 23.6 Å². The molecule has 0 aliphatic heterocycles. The maximum absolute atomic E-state index is 13.1. The second-order valence-corrected chi connectivity index (χ2v) is 8.60. The average Bonchev–Trinajstić information content (AvgIpc) is 2.75. The van der Waals surface area contributed by atoms with Crippen LogP contribution in [-0.4, -0.2) is 26.7 Å². The fourth-order valence-corrected chi connectivity index (χ4v) is 4.49. The van der Waals surface area contributed by atoms with Gasteiger partial charge in [0.25, 0.3) is 0 Å². The van der Waals surface area contributed by atoms with E-state index in [0.29, 0.717) is 6.54 Å². The Morgan fingerprint density at radius 1 is 0.793 bits per heavy atom. The van der Waals surface area contributed by atoms with Crippen LogP contribution < -0.4 is 10.0 Å². The van der Waals surface area contributed by atoms with Crippen molar-refractivity contribution in [2.24, 2.45) is 0 Å². The number of benzene rings is 3. The van der Waals surface area contributed by atoms with E-state index in [9.17, 15) is 13.5 Å². The molecule has 3 rings (SSSR count). The maximum Gasteiger partial charge on any atom is 0.241 e. The lowest BCUT2D eigenvalue weighted by molar-refractivity contribution is 0.277. The Morgan fingerprint density at radius 2 is 1.31 bits per heavy atom. The Bertz CT molecular complexity index is 991. The van der Waals surface area contributed by atoms with Crippen molar-refractivity contribution in [3.8, 4) is 0 Å². The SMILES string of the molecule is Cc1ccc(S(=O)(=O)N[C@H](c2ccccc2)[C@H](NCCO)c2ccccc2)cc1. The van der Waals surface area contributed by atoms with Crippen molar-refractivity contribution >= 4 is 10.0 Å². The molecule has 5 nitrogen and oxygen atoms in total. The van der Waals surface area contributed by atoms with Crippen LogP contribution in [0.4, 0.5) is 0 Å². The summed E-state index contributed by atoms with van der Waals surface area (Å²) in [7, 11) is -3.75. The summed E-state index contributed by atoms with van der Waals surface area (Å²) in [6, 6.07) is 25.0. The smallest absolute Gasteiger partial charge is 0.241 e. The van der Waals surface area contributed by atoms with Crippen molar-refractivity contribution in [3.63, 3.8) is 0 Å². The van der Waals surface area contributed by atoms with Crippen molar-refractivity contribution < 1.29 is 13.5 Å². The molecule has 3 N–H and O–H groups in total. The Kier molecular flexibility index (Phi) is 7.17. The number of hydrogen-bond acceptors (Lipinski definition) is 4. The number of sulfonamides is 1. The Hall–Kier alpha value is -2.51. The van der Waals surface area contributed by atoms with Gasteiger partial charge in [0.15, 0.2) is 0 Å². The van der Waals surface area contributed by atoms with E-state index in [-0.39, 0.29) is 17.5 Å². The molecule has 2 atom stereocenters. The summed E-state index contributed by atoms with van der Waals surface area (Å²) in [6.07, 6.45) is 0. The van der Waals surface area contributed by atoms with E-state index >= 15 is 0 Å². The highest BCUT2D eigenvalue weighted by molar-refractivity contribution is 7.89. The summed E-state index contributed by atoms with van der Waals surface area (Å²) in [5, 5.41) is 12.6. The molecule has 0 aliphatic rings. The molecule has 0 aromatic heterocycles. The zero-order valence-electron chi connectivity index (χ0n) is 16.3. The second-order valence-electron chi connectivity index (χ2n) is 6.89. The molecule has 6 heteroatoms. The third kappa shape index (κ3) is 5.52. The van der Waals surface area contributed by atoms with E-state index in [0.717, 1.165) is 16.7 Å². The van der Waals surface area contributed by atoms with Gasteiger partial charge in [0.2, 0.25) is 10.0 Å². The average molecular weight is 411 g/mol. The van der Waals surface area contributed by atoms with Gasteiger partial charge in [-0.25, -0.2) is 13.1 Å². The van der Waals surface area contributed by atoms with Gasteiger partial charge in [-0.1, -0.05) is 78.4 Å². The van der Waals surface area contributed by atoms with Gasteiger partial charge in [-0.2, -0.15) is 0 Å². The first-order valence-electron chi connectivity index (χ1n) is 9.54. The summed E-state index contributed by atoms with van der Waals surface area (Å²) < 4.78 is 29.2. The fourth-order valence-electron chi connectivity index (χ4n) is 3.25. The van der Waals surface area contributed by atoms with Crippen LogP contribution in [-0.2, 0) is 10.0 Å². The molecule has 0 heterocycles. The van der Waals surface area contributed by atoms with Gasteiger partial charge in [-0.15, -0.1) is 0 Å². The predicted octanol–water partition coefficient (Wildman–Crippen LogP) is 3.34. The summed E-state index contributed by atoms with van der Waals surface area (Å²) in [4.78, 5) is 0.220. The third-order valence-corrected chi connectivity index (χ3v) is 6.20. The van der Waals surface area contributed by atoms with Crippen LogP contribution in [0.25, 0.3) is 0 Å². The van der Waals surface area contributed by atoms with Gasteiger partial charge in [0.1, 0.15) is 0 Å². The topological polar surface area (TPSA) is 78.4 Å². The maximum atomic E-state index is 13.1. The molecule has 0 amide bonds. The molecule has 0 saturated carbocycles. The van der Waals surface area contributed by atoms with E-state index < -0.39 is 16.1 Å². The minimum Gasteiger partial charge on any atom is -0.395 e. The van der Waals surface area contributed by atoms with Crippen LogP contribution >= 0.6 is 0 Å². The Morgan fingerprint density at radius 3 is 1.83 bits per heavy atom. The van der Waals surface area contributed by atoms with Crippen LogP contribution in [0.15, 0.2) is 89.8 Å². The number of rotatable bonds is 9. The molecule has 0 unspecified atom stereocenters. The third-order valence-electron chi connectivity index (χ3n) is 4.74. The molecule has 0 spiro atoms. The molecule has 0 aliphatic carbocycles. The molecule has 0 fully saturated rings. The monoisotopic (exact) mass is 410 g/mol. The first-order valence-corrected chi connectivity index (χ1v) is 11.0. The Balaban J connectivity index is 2.02. The zero-order chi connectivity index (χ0) is 20.7. The van der Waals surface area contributed by atoms with Crippen molar-refractivity contribution in [1.29, 1.82) is 0 Å². The summed E-state index contributed by atoms with van der Waals surface area (Å²) in [5.41, 5.74) is 2.76. The molecule has 29 heavy (non-hydrogen) atoms. The highest BCUT2D eigenvalue weighted by atomic mass is 32.2. The normalized spacial score (nSPS) is 13.7. The van der Waals surface area contributed by atoms with Gasteiger partial charge < -0.3 is 10.4 Å². The molecular weight excluding hydrogens is 384 g/mol. The lowest BCUT2D eigenvalue weighted by atomic mass is 9.94. The van der Waals surface area contributed by atoms with Gasteiger partial charge in [0, 0.05) is 6.54 Å². The molecule has 152 valence electrons. The zero-order valence-corrected chi connectivity index (χ0v) is 17.1. The molecule has 3 aromatic rings. The highest BCUT2D eigenvalue weighted by Gasteiger charge is 2.29. The number of aliphatic hydroxyl groups excluding tert-OH is 1. The van der Waals surface area contributed by atoms with E-state index in [1.165, 1.54) is 0 Å². The Labute approximate surface area is 172 Å². The van der Waals surface area contributed by atoms with Crippen molar-refractivity contribution in [1.82, 2.24) is 10.0 Å². The van der Waals surface area contributed by atoms with Crippen molar-refractivity contribution in [2.75, 3.05) is 13.2 Å². The van der Waals surface area contributed by atoms with Crippen LogP contribution in [0.5, 0.6) is 0 Å². The minimum absolute atomic E-state index is 0.0461. The van der Waals surface area contributed by atoms with Crippen LogP contribution in [0.1, 0.15) is 28.8 Å². The van der Waals surface area contributed by atoms with Crippen LogP contribution in [0, 0.1) is 6.92 Å². The number of nitrogens with one attached hydrogen (secondary N) is 2. The van der Waals surface area contributed by atoms with Gasteiger partial charge in [-0.3, -0.25) is 0 Å². The summed E-state index contributed by atoms with van der Waals surface area (Å²) in [6.45, 7) is 2.21. The highest BCUT2D eigenvalue weighted by Crippen LogP contribution is 2.30. The predicted molar refractivity (Wildman–Crippen MR) is 115 cm³/mol. The fraction of sp³-hybridized carbons (Fsp3) is 0.217. The number of aliphatic hydroxyl groups is 1. The molecule has 3 aromatic carbocycles. The minimum atomic E-state index is -3.75. The molecule has 0 bridgehead atoms. The van der Waals surface area contributed by atoms with E-state index in [1.807, 2.05) is 67.6 Å². The standard InChI is InChI=1S/C23H26N2O3S/c1-18-12-14-21(15-13-18)29(27,28)25-23(20-10-6-3-7-11-20)22(24-16-17-26)19-8-4-2-5-9-19/h2-15,22-26H,16-17H2,1H3/t22-,23-/m1/s1. The second kappa shape index (κ2) is 9.80. The summed E-state index contributed by atoms with van der Waals surface area (Å²) >= 11 is 0. The molecule has 0 radical (unpaired) electrons. The largest absolute Gasteiger partial charge is 0.395 e. The first kappa shape index (κ1) is 21.2. The van der Waals surface area contributed by atoms with Crippen LogP contribution in [0.2, 0.25) is 0 Å². The lowest BCUT2D eigenvalue weighted by Gasteiger charge is -2.30. The quantitative estimate of drug-likeness (QED) is 0.506. The number of aryl methyl sites for hydroxylation is 1. The van der Waals surface area contributed by atoms with E-state index in [1.54, 1.807) is 24.3 Å². The molecule has 0 saturated heterocycles. The van der Waals surface area contributed by atoms with E-state index in [2.05, 4.69) is 10.0 Å². The van der Waals surface area contributed by atoms with E-state index in [4.69, 9.17) is 0 Å². The summed E-state index contributed by atoms with van der Waals surface area (Å²) in [5.74, 6) is 0.